The van der Waals surface area contributed by atoms with Crippen LogP contribution in [0.25, 0.3) is 11.0 Å². The average molecular weight is 229 g/mol. The summed E-state index contributed by atoms with van der Waals surface area (Å²) in [6.45, 7) is 7.60. The molecule has 0 amide bonds. The second-order valence-electron chi connectivity index (χ2n) is 5.40. The fourth-order valence-electron chi connectivity index (χ4n) is 2.63. The van der Waals surface area contributed by atoms with Gasteiger partial charge in [-0.3, -0.25) is 0 Å². The van der Waals surface area contributed by atoms with E-state index < -0.39 is 0 Å². The number of nitrogens with one attached hydrogen (secondary N) is 2. The monoisotopic (exact) mass is 229 g/mol. The van der Waals surface area contributed by atoms with Gasteiger partial charge in [0, 0.05) is 0 Å². The Bertz CT molecular complexity index is 523. The van der Waals surface area contributed by atoms with Gasteiger partial charge in [-0.25, -0.2) is 4.98 Å². The number of fused-ring (bicyclic) bond motifs is 1. The summed E-state index contributed by atoms with van der Waals surface area (Å²) in [4.78, 5) is 8.22. The van der Waals surface area contributed by atoms with Gasteiger partial charge in [-0.2, -0.15) is 0 Å². The third kappa shape index (κ3) is 1.65. The molecule has 90 valence electrons. The molecule has 1 atom stereocenters. The Morgan fingerprint density at radius 1 is 1.24 bits per heavy atom. The second kappa shape index (κ2) is 3.57. The molecule has 2 heterocycles. The van der Waals surface area contributed by atoms with Crippen LogP contribution in [-0.2, 0) is 5.54 Å². The fourth-order valence-corrected chi connectivity index (χ4v) is 2.63. The summed E-state index contributed by atoms with van der Waals surface area (Å²) in [5.41, 5.74) is 4.88. The largest absolute Gasteiger partial charge is 0.340 e. The van der Waals surface area contributed by atoms with E-state index in [1.165, 1.54) is 17.5 Å². The molecule has 1 saturated heterocycles. The fraction of sp³-hybridized carbons (Fsp3) is 0.500. The van der Waals surface area contributed by atoms with E-state index in [0.717, 1.165) is 29.8 Å². The van der Waals surface area contributed by atoms with Crippen molar-refractivity contribution in [3.05, 3.63) is 29.1 Å². The summed E-state index contributed by atoms with van der Waals surface area (Å²) < 4.78 is 0. The summed E-state index contributed by atoms with van der Waals surface area (Å²) in [6, 6.07) is 4.36. The van der Waals surface area contributed by atoms with Crippen LogP contribution in [0.3, 0.4) is 0 Å². The average Bonchev–Trinajstić information content (AvgIpc) is 2.87. The third-order valence-corrected chi connectivity index (χ3v) is 3.99. The van der Waals surface area contributed by atoms with Crippen LogP contribution in [0.4, 0.5) is 0 Å². The zero-order chi connectivity index (χ0) is 12.0. The van der Waals surface area contributed by atoms with Crippen LogP contribution in [0.2, 0.25) is 0 Å². The number of nitrogens with zero attached hydrogens (tertiary/aromatic N) is 1. The Morgan fingerprint density at radius 3 is 2.71 bits per heavy atom. The zero-order valence-corrected chi connectivity index (χ0v) is 10.7. The van der Waals surface area contributed by atoms with E-state index >= 15 is 0 Å². The molecule has 0 radical (unpaired) electrons. The number of hydrogen-bond acceptors (Lipinski definition) is 2. The number of rotatable bonds is 1. The minimum atomic E-state index is 0.0286. The number of aromatic nitrogens is 2. The van der Waals surface area contributed by atoms with E-state index in [0.29, 0.717) is 0 Å². The highest BCUT2D eigenvalue weighted by molar-refractivity contribution is 5.77. The molecule has 1 aliphatic rings. The van der Waals surface area contributed by atoms with Crippen molar-refractivity contribution >= 4 is 11.0 Å². The van der Waals surface area contributed by atoms with Gasteiger partial charge in [0.15, 0.2) is 0 Å². The Labute approximate surface area is 102 Å². The maximum Gasteiger partial charge on any atom is 0.127 e. The van der Waals surface area contributed by atoms with Gasteiger partial charge in [0.25, 0.3) is 0 Å². The molecule has 3 heteroatoms. The van der Waals surface area contributed by atoms with E-state index in [2.05, 4.69) is 43.2 Å². The first kappa shape index (κ1) is 10.8. The maximum atomic E-state index is 4.75. The van der Waals surface area contributed by atoms with Crippen molar-refractivity contribution in [2.45, 2.75) is 39.2 Å². The Hall–Kier alpha value is -1.35. The molecule has 0 aliphatic carbocycles. The van der Waals surface area contributed by atoms with Crippen molar-refractivity contribution in [3.8, 4) is 0 Å². The maximum absolute atomic E-state index is 4.75. The Kier molecular flexibility index (Phi) is 2.26. The Morgan fingerprint density at radius 2 is 2.00 bits per heavy atom. The van der Waals surface area contributed by atoms with Crippen LogP contribution in [-0.4, -0.2) is 16.5 Å². The predicted octanol–water partition coefficient (Wildman–Crippen LogP) is 2.78. The molecule has 1 unspecified atom stereocenters. The molecule has 1 aliphatic heterocycles. The second-order valence-corrected chi connectivity index (χ2v) is 5.40. The summed E-state index contributed by atoms with van der Waals surface area (Å²) >= 11 is 0. The van der Waals surface area contributed by atoms with Gasteiger partial charge in [0.2, 0.25) is 0 Å². The lowest BCUT2D eigenvalue weighted by atomic mass is 10.00. The summed E-state index contributed by atoms with van der Waals surface area (Å²) in [7, 11) is 0. The van der Waals surface area contributed by atoms with Gasteiger partial charge in [-0.1, -0.05) is 0 Å². The highest BCUT2D eigenvalue weighted by atomic mass is 15.1. The molecule has 0 spiro atoms. The molecular weight excluding hydrogens is 210 g/mol. The van der Waals surface area contributed by atoms with Crippen molar-refractivity contribution in [3.63, 3.8) is 0 Å². The molecule has 3 nitrogen and oxygen atoms in total. The lowest BCUT2D eigenvalue weighted by Crippen LogP contribution is -2.34. The number of hydrogen-bond donors (Lipinski definition) is 2. The van der Waals surface area contributed by atoms with E-state index in [1.807, 2.05) is 0 Å². The molecule has 0 saturated carbocycles. The van der Waals surface area contributed by atoms with Gasteiger partial charge >= 0.3 is 0 Å². The number of benzene rings is 1. The molecule has 1 aromatic heterocycles. The molecule has 17 heavy (non-hydrogen) atoms. The van der Waals surface area contributed by atoms with Crippen LogP contribution >= 0.6 is 0 Å². The minimum Gasteiger partial charge on any atom is -0.340 e. The highest BCUT2D eigenvalue weighted by Crippen LogP contribution is 2.30. The van der Waals surface area contributed by atoms with Crippen molar-refractivity contribution in [2.75, 3.05) is 6.54 Å². The number of aromatic amines is 1. The molecule has 2 N–H and O–H groups in total. The van der Waals surface area contributed by atoms with E-state index in [9.17, 15) is 0 Å². The smallest absolute Gasteiger partial charge is 0.127 e. The highest BCUT2D eigenvalue weighted by Gasteiger charge is 2.32. The molecule has 0 bridgehead atoms. The Balaban J connectivity index is 2.13. The van der Waals surface area contributed by atoms with Gasteiger partial charge in [0.1, 0.15) is 5.82 Å². The van der Waals surface area contributed by atoms with Crippen molar-refractivity contribution in [2.24, 2.45) is 0 Å². The topological polar surface area (TPSA) is 40.7 Å². The SMILES string of the molecule is Cc1cc2nc(C3(C)CCCN3)[nH]c2cc1C. The summed E-state index contributed by atoms with van der Waals surface area (Å²) in [5.74, 6) is 1.08. The summed E-state index contributed by atoms with van der Waals surface area (Å²) in [5, 5.41) is 3.55. The first-order valence-electron chi connectivity index (χ1n) is 6.31. The van der Waals surface area contributed by atoms with Crippen LogP contribution in [0, 0.1) is 13.8 Å². The molecule has 3 rings (SSSR count). The molecule has 1 aromatic carbocycles. The van der Waals surface area contributed by atoms with Crippen LogP contribution in [0.5, 0.6) is 0 Å². The first-order chi connectivity index (χ1) is 8.08. The van der Waals surface area contributed by atoms with Crippen molar-refractivity contribution < 1.29 is 0 Å². The molecule has 2 aromatic rings. The standard InChI is InChI=1S/C14H19N3/c1-9-7-11-12(8-10(9)2)17-13(16-11)14(3)5-4-6-15-14/h7-8,15H,4-6H2,1-3H3,(H,16,17). The van der Waals surface area contributed by atoms with E-state index in [1.54, 1.807) is 0 Å². The van der Waals surface area contributed by atoms with Crippen LogP contribution in [0.1, 0.15) is 36.7 Å². The van der Waals surface area contributed by atoms with E-state index in [-0.39, 0.29) is 5.54 Å². The number of imidazole rings is 1. The van der Waals surface area contributed by atoms with Crippen LogP contribution in [0.15, 0.2) is 12.1 Å². The number of H-pyrrole nitrogens is 1. The van der Waals surface area contributed by atoms with Gasteiger partial charge in [0.05, 0.1) is 16.6 Å². The lowest BCUT2D eigenvalue weighted by Gasteiger charge is -2.21. The van der Waals surface area contributed by atoms with Crippen LogP contribution < -0.4 is 5.32 Å². The number of aryl methyl sites for hydroxylation is 2. The van der Waals surface area contributed by atoms with Gasteiger partial charge < -0.3 is 10.3 Å². The van der Waals surface area contributed by atoms with Gasteiger partial charge in [-0.05, 0) is 63.4 Å². The van der Waals surface area contributed by atoms with Crippen molar-refractivity contribution in [1.29, 1.82) is 0 Å². The normalized spacial score (nSPS) is 24.6. The zero-order valence-electron chi connectivity index (χ0n) is 10.7. The first-order valence-corrected chi connectivity index (χ1v) is 6.31. The quantitative estimate of drug-likeness (QED) is 0.789. The molecule has 1 fully saturated rings. The molecular formula is C14H19N3. The third-order valence-electron chi connectivity index (χ3n) is 3.99. The van der Waals surface area contributed by atoms with E-state index in [4.69, 9.17) is 4.98 Å². The van der Waals surface area contributed by atoms with Crippen molar-refractivity contribution in [1.82, 2.24) is 15.3 Å². The predicted molar refractivity (Wildman–Crippen MR) is 70.2 cm³/mol. The lowest BCUT2D eigenvalue weighted by molar-refractivity contribution is 0.412. The summed E-state index contributed by atoms with van der Waals surface area (Å²) in [6.07, 6.45) is 2.39. The van der Waals surface area contributed by atoms with Gasteiger partial charge in [-0.15, -0.1) is 0 Å². The minimum absolute atomic E-state index is 0.0286.